The summed E-state index contributed by atoms with van der Waals surface area (Å²) in [7, 11) is -3.81. The zero-order valence-electron chi connectivity index (χ0n) is 20.6. The first-order valence-corrected chi connectivity index (χ1v) is 13.5. The molecule has 0 spiro atoms. The first kappa shape index (κ1) is 27.3. The van der Waals surface area contributed by atoms with Crippen LogP contribution in [0.5, 0.6) is 0 Å². The van der Waals surface area contributed by atoms with Crippen molar-refractivity contribution in [1.29, 1.82) is 0 Å². The fourth-order valence-corrected chi connectivity index (χ4v) is 5.59. The number of nitrogens with zero attached hydrogens (tertiary/aromatic N) is 2. The zero-order valence-corrected chi connectivity index (χ0v) is 21.4. The smallest absolute Gasteiger partial charge is 0.248 e. The maximum atomic E-state index is 13.5. The quantitative estimate of drug-likeness (QED) is 0.206. The Morgan fingerprint density at radius 1 is 1.14 bits per heavy atom. The number of carbonyl (C=O) groups excluding carboxylic acids is 2. The minimum absolute atomic E-state index is 0.0393. The second-order valence-electron chi connectivity index (χ2n) is 9.37. The van der Waals surface area contributed by atoms with Gasteiger partial charge in [0.1, 0.15) is 12.1 Å². The normalized spacial score (nSPS) is 17.3. The fraction of sp³-hybridized carbons (Fsp3) is 0.385. The molecule has 2 atom stereocenters. The van der Waals surface area contributed by atoms with Gasteiger partial charge in [0, 0.05) is 12.1 Å². The number of hydrogen-bond acceptors (Lipinski definition) is 6. The number of amidine groups is 1. The summed E-state index contributed by atoms with van der Waals surface area (Å²) >= 11 is 0. The van der Waals surface area contributed by atoms with Crippen molar-refractivity contribution in [2.45, 2.75) is 50.9 Å². The van der Waals surface area contributed by atoms with E-state index in [9.17, 15) is 23.2 Å². The molecule has 1 radical (unpaired) electrons. The van der Waals surface area contributed by atoms with Crippen LogP contribution in [-0.2, 0) is 25.4 Å². The maximum absolute atomic E-state index is 13.5. The molecule has 1 fully saturated rings. The molecule has 3 rings (SSSR count). The summed E-state index contributed by atoms with van der Waals surface area (Å²) in [6, 6.07) is 13.7. The Morgan fingerprint density at radius 2 is 1.81 bits per heavy atom. The second-order valence-corrected chi connectivity index (χ2v) is 11.1. The van der Waals surface area contributed by atoms with Gasteiger partial charge in [0.25, 0.3) is 0 Å². The van der Waals surface area contributed by atoms with E-state index in [1.165, 1.54) is 4.90 Å². The summed E-state index contributed by atoms with van der Waals surface area (Å²) in [5.74, 6) is -1.19. The molecule has 1 unspecified atom stereocenters. The standard InChI is InChI=1S/C26H33N4O5S/c1-18(2)16-22(29-36(34,35)17-20-8-5-4-6-9-20)26(32)30-15-7-10-23(30)25(31)27-24(28-33)21-13-11-19(3)12-14-21/h4-6,8-9,11-14,18,22-23,29,33H,3,7,10,15-17H2,1-2H3,(H,27,28,31)/t22?,23-/m0/s1. The van der Waals surface area contributed by atoms with E-state index in [0.29, 0.717) is 36.9 Å². The Hall–Kier alpha value is -3.24. The van der Waals surface area contributed by atoms with Gasteiger partial charge in [0.2, 0.25) is 21.8 Å². The molecule has 0 bridgehead atoms. The highest BCUT2D eigenvalue weighted by molar-refractivity contribution is 7.88. The molecule has 0 aliphatic carbocycles. The molecule has 1 aliphatic heterocycles. The molecule has 1 heterocycles. The van der Waals surface area contributed by atoms with Crippen LogP contribution in [0.4, 0.5) is 0 Å². The summed E-state index contributed by atoms with van der Waals surface area (Å²) in [6.45, 7) is 7.94. The van der Waals surface area contributed by atoms with Crippen molar-refractivity contribution in [1.82, 2.24) is 14.9 Å². The van der Waals surface area contributed by atoms with Crippen molar-refractivity contribution in [3.63, 3.8) is 0 Å². The van der Waals surface area contributed by atoms with Crippen molar-refractivity contribution in [3.8, 4) is 0 Å². The molecule has 9 nitrogen and oxygen atoms in total. The SMILES string of the molecule is [CH2]c1ccc(C(=NO)NC(=O)[C@@H]2CCCN2C(=O)C(CC(C)C)NS(=O)(=O)Cc2ccccc2)cc1. The van der Waals surface area contributed by atoms with E-state index >= 15 is 0 Å². The van der Waals surface area contributed by atoms with Crippen LogP contribution in [-0.4, -0.2) is 54.8 Å². The van der Waals surface area contributed by atoms with Crippen LogP contribution < -0.4 is 10.0 Å². The molecular formula is C26H33N4O5S. The number of oxime groups is 1. The molecule has 3 N–H and O–H groups in total. The first-order valence-electron chi connectivity index (χ1n) is 11.9. The van der Waals surface area contributed by atoms with E-state index in [1.54, 1.807) is 54.6 Å². The number of nitrogens with one attached hydrogen (secondary N) is 2. The van der Waals surface area contributed by atoms with E-state index in [0.717, 1.165) is 5.56 Å². The number of likely N-dealkylation sites (tertiary alicyclic amines) is 1. The molecule has 0 saturated carbocycles. The Bertz CT molecular complexity index is 1180. The van der Waals surface area contributed by atoms with E-state index in [2.05, 4.69) is 22.1 Å². The van der Waals surface area contributed by atoms with Crippen LogP contribution in [0.2, 0.25) is 0 Å². The molecule has 193 valence electrons. The van der Waals surface area contributed by atoms with Crippen LogP contribution in [0.15, 0.2) is 59.8 Å². The Morgan fingerprint density at radius 3 is 2.42 bits per heavy atom. The summed E-state index contributed by atoms with van der Waals surface area (Å²) < 4.78 is 28.3. The first-order chi connectivity index (χ1) is 17.1. The minimum Gasteiger partial charge on any atom is -0.409 e. The average Bonchev–Trinajstić information content (AvgIpc) is 3.32. The monoisotopic (exact) mass is 513 g/mol. The number of carbonyl (C=O) groups is 2. The van der Waals surface area contributed by atoms with Crippen LogP contribution in [0.1, 0.15) is 49.8 Å². The third-order valence-corrected chi connectivity index (χ3v) is 7.29. The highest BCUT2D eigenvalue weighted by Gasteiger charge is 2.39. The number of benzene rings is 2. The lowest BCUT2D eigenvalue weighted by Crippen LogP contribution is -2.54. The minimum atomic E-state index is -3.81. The van der Waals surface area contributed by atoms with E-state index in [-0.39, 0.29) is 17.5 Å². The van der Waals surface area contributed by atoms with E-state index in [1.807, 2.05) is 13.8 Å². The average molecular weight is 514 g/mol. The molecule has 36 heavy (non-hydrogen) atoms. The highest BCUT2D eigenvalue weighted by Crippen LogP contribution is 2.21. The van der Waals surface area contributed by atoms with Gasteiger partial charge in [-0.3, -0.25) is 9.59 Å². The van der Waals surface area contributed by atoms with Crippen molar-refractivity contribution in [2.24, 2.45) is 11.1 Å². The second kappa shape index (κ2) is 12.1. The molecule has 1 aliphatic rings. The van der Waals surface area contributed by atoms with Gasteiger partial charge in [-0.25, -0.2) is 13.1 Å². The topological polar surface area (TPSA) is 128 Å². The molecule has 0 aromatic heterocycles. The van der Waals surface area contributed by atoms with Gasteiger partial charge in [0.15, 0.2) is 5.84 Å². The predicted molar refractivity (Wildman–Crippen MR) is 138 cm³/mol. The van der Waals surface area contributed by atoms with Crippen molar-refractivity contribution in [3.05, 3.63) is 78.2 Å². The zero-order chi connectivity index (χ0) is 26.3. The number of hydrogen-bond donors (Lipinski definition) is 3. The third-order valence-electron chi connectivity index (χ3n) is 5.93. The van der Waals surface area contributed by atoms with Gasteiger partial charge in [-0.1, -0.05) is 73.6 Å². The largest absolute Gasteiger partial charge is 0.409 e. The van der Waals surface area contributed by atoms with Crippen molar-refractivity contribution >= 4 is 27.7 Å². The molecule has 2 amide bonds. The third kappa shape index (κ3) is 7.38. The summed E-state index contributed by atoms with van der Waals surface area (Å²) in [4.78, 5) is 28.0. The Labute approximate surface area is 212 Å². The van der Waals surface area contributed by atoms with Gasteiger partial charge in [-0.05, 0) is 43.2 Å². The Kier molecular flexibility index (Phi) is 9.22. The summed E-state index contributed by atoms with van der Waals surface area (Å²) in [5, 5.41) is 15.3. The fourth-order valence-electron chi connectivity index (χ4n) is 4.24. The van der Waals surface area contributed by atoms with Crippen LogP contribution >= 0.6 is 0 Å². The van der Waals surface area contributed by atoms with Gasteiger partial charge in [0.05, 0.1) is 5.75 Å². The van der Waals surface area contributed by atoms with Gasteiger partial charge in [-0.15, -0.1) is 0 Å². The van der Waals surface area contributed by atoms with Gasteiger partial charge in [-0.2, -0.15) is 0 Å². The van der Waals surface area contributed by atoms with Gasteiger partial charge < -0.3 is 15.4 Å². The number of rotatable bonds is 9. The lowest BCUT2D eigenvalue weighted by molar-refractivity contribution is -0.139. The lowest BCUT2D eigenvalue weighted by Gasteiger charge is -2.29. The molecule has 1 saturated heterocycles. The number of amides is 2. The van der Waals surface area contributed by atoms with E-state index in [4.69, 9.17) is 0 Å². The lowest BCUT2D eigenvalue weighted by atomic mass is 10.0. The van der Waals surface area contributed by atoms with Crippen molar-refractivity contribution in [2.75, 3.05) is 6.54 Å². The summed E-state index contributed by atoms with van der Waals surface area (Å²) in [6.07, 6.45) is 1.30. The highest BCUT2D eigenvalue weighted by atomic mass is 32.2. The van der Waals surface area contributed by atoms with Crippen molar-refractivity contribution < 1.29 is 23.2 Å². The Balaban J connectivity index is 1.74. The van der Waals surface area contributed by atoms with Crippen LogP contribution in [0, 0.1) is 12.8 Å². The van der Waals surface area contributed by atoms with Crippen LogP contribution in [0.3, 0.4) is 0 Å². The predicted octanol–water partition coefficient (Wildman–Crippen LogP) is 2.65. The molecular weight excluding hydrogens is 480 g/mol. The molecule has 2 aromatic rings. The maximum Gasteiger partial charge on any atom is 0.248 e. The summed E-state index contributed by atoms with van der Waals surface area (Å²) in [5.41, 5.74) is 1.86. The number of sulfonamides is 1. The molecule has 2 aromatic carbocycles. The van der Waals surface area contributed by atoms with Gasteiger partial charge >= 0.3 is 0 Å². The van der Waals surface area contributed by atoms with E-state index < -0.39 is 33.9 Å². The molecule has 10 heteroatoms. The van der Waals surface area contributed by atoms with Crippen LogP contribution in [0.25, 0.3) is 0 Å².